The number of hydrogen-bond donors (Lipinski definition) is 1. The molecule has 0 radical (unpaired) electrons. The molecule has 0 aromatic carbocycles. The lowest BCUT2D eigenvalue weighted by molar-refractivity contribution is -0.685. The van der Waals surface area contributed by atoms with Crippen LogP contribution in [0.3, 0.4) is 0 Å². The molecular formula is C12H17IN2O3. The van der Waals surface area contributed by atoms with Gasteiger partial charge in [0.15, 0.2) is 12.4 Å². The van der Waals surface area contributed by atoms with Crippen molar-refractivity contribution in [2.24, 2.45) is 0 Å². The number of rotatable bonds is 5. The molecule has 18 heavy (non-hydrogen) atoms. The standard InChI is InChI=1S/C12H16N2O3.HI/c1-3-14(4-2)11(15)9-13-7-5-6-10(8-13)12(16)17;/h5-8H,3-4,9H2,1-2H3;1H. The Morgan fingerprint density at radius 3 is 2.44 bits per heavy atom. The maximum atomic E-state index is 11.8. The van der Waals surface area contributed by atoms with Gasteiger partial charge in [-0.2, -0.15) is 4.57 Å². The van der Waals surface area contributed by atoms with Gasteiger partial charge in [-0.1, -0.05) is 0 Å². The van der Waals surface area contributed by atoms with Crippen molar-refractivity contribution in [1.82, 2.24) is 4.90 Å². The number of hydrogen-bond acceptors (Lipinski definition) is 2. The molecule has 1 rings (SSSR count). The van der Waals surface area contributed by atoms with Crippen molar-refractivity contribution in [2.75, 3.05) is 13.1 Å². The van der Waals surface area contributed by atoms with E-state index in [0.717, 1.165) is 0 Å². The van der Waals surface area contributed by atoms with Crippen molar-refractivity contribution in [3.63, 3.8) is 0 Å². The number of carbonyl (C=O) groups excluding carboxylic acids is 1. The van der Waals surface area contributed by atoms with Crippen LogP contribution in [0.15, 0.2) is 24.5 Å². The number of aromatic carboxylic acids is 1. The average Bonchev–Trinajstić information content (AvgIpc) is 2.30. The zero-order valence-corrected chi connectivity index (χ0v) is 12.6. The molecule has 1 N–H and O–H groups in total. The van der Waals surface area contributed by atoms with Gasteiger partial charge in [0.25, 0.3) is 5.91 Å². The summed E-state index contributed by atoms with van der Waals surface area (Å²) in [5, 5.41) is 8.84. The van der Waals surface area contributed by atoms with Gasteiger partial charge in [-0.15, -0.1) is 0 Å². The van der Waals surface area contributed by atoms with Gasteiger partial charge < -0.3 is 34.0 Å². The fourth-order valence-corrected chi connectivity index (χ4v) is 1.58. The maximum Gasteiger partial charge on any atom is 0.341 e. The monoisotopic (exact) mass is 364 g/mol. The molecule has 0 atom stereocenters. The average molecular weight is 364 g/mol. The van der Waals surface area contributed by atoms with Gasteiger partial charge in [0.2, 0.25) is 6.54 Å². The fraction of sp³-hybridized carbons (Fsp3) is 0.417. The Labute approximate surface area is 123 Å². The molecule has 0 aliphatic rings. The van der Waals surface area contributed by atoms with Gasteiger partial charge >= 0.3 is 5.97 Å². The molecule has 1 aromatic rings. The molecule has 1 heterocycles. The molecule has 6 heteroatoms. The van der Waals surface area contributed by atoms with E-state index in [4.69, 9.17) is 5.11 Å². The number of carbonyl (C=O) groups is 2. The second-order valence-corrected chi connectivity index (χ2v) is 3.64. The van der Waals surface area contributed by atoms with E-state index in [-0.39, 0.29) is 42.0 Å². The minimum absolute atomic E-state index is 0. The van der Waals surface area contributed by atoms with Gasteiger partial charge in [-0.3, -0.25) is 4.79 Å². The van der Waals surface area contributed by atoms with E-state index in [0.29, 0.717) is 13.1 Å². The maximum absolute atomic E-state index is 11.8. The smallest absolute Gasteiger partial charge is 0.341 e. The predicted molar refractivity (Wildman–Crippen MR) is 61.5 cm³/mol. The zero-order chi connectivity index (χ0) is 12.8. The van der Waals surface area contributed by atoms with Gasteiger partial charge in [-0.05, 0) is 19.9 Å². The molecular weight excluding hydrogens is 347 g/mol. The van der Waals surface area contributed by atoms with E-state index in [9.17, 15) is 9.59 Å². The van der Waals surface area contributed by atoms with E-state index in [1.165, 1.54) is 12.3 Å². The molecule has 0 spiro atoms. The number of amides is 1. The number of halogens is 1. The molecule has 1 aromatic heterocycles. The summed E-state index contributed by atoms with van der Waals surface area (Å²) in [6.07, 6.45) is 3.15. The highest BCUT2D eigenvalue weighted by molar-refractivity contribution is 5.86. The van der Waals surface area contributed by atoms with Crippen LogP contribution in [-0.4, -0.2) is 35.0 Å². The second kappa shape index (κ2) is 8.02. The van der Waals surface area contributed by atoms with E-state index >= 15 is 0 Å². The molecule has 0 saturated heterocycles. The van der Waals surface area contributed by atoms with Crippen molar-refractivity contribution in [1.29, 1.82) is 0 Å². The first-order chi connectivity index (χ1) is 8.08. The van der Waals surface area contributed by atoms with Crippen molar-refractivity contribution >= 4 is 11.9 Å². The summed E-state index contributed by atoms with van der Waals surface area (Å²) < 4.78 is 1.59. The Bertz CT molecular complexity index is 420. The van der Waals surface area contributed by atoms with Gasteiger partial charge in [0.1, 0.15) is 5.56 Å². The minimum Gasteiger partial charge on any atom is -1.00 e. The normalized spacial score (nSPS) is 9.44. The highest BCUT2D eigenvalue weighted by Gasteiger charge is 2.16. The van der Waals surface area contributed by atoms with Crippen LogP contribution < -0.4 is 28.5 Å². The molecule has 0 bridgehead atoms. The van der Waals surface area contributed by atoms with Gasteiger partial charge in [0, 0.05) is 19.2 Å². The van der Waals surface area contributed by atoms with Crippen LogP contribution in [0.4, 0.5) is 0 Å². The molecule has 0 aliphatic carbocycles. The SMILES string of the molecule is CCN(CC)C(=O)C[n+]1cccc(C(=O)O)c1.[I-]. The second-order valence-electron chi connectivity index (χ2n) is 3.64. The van der Waals surface area contributed by atoms with Gasteiger partial charge in [0.05, 0.1) is 0 Å². The highest BCUT2D eigenvalue weighted by Crippen LogP contribution is 1.94. The van der Waals surface area contributed by atoms with E-state index in [1.54, 1.807) is 21.7 Å². The Hall–Kier alpha value is -1.18. The minimum atomic E-state index is -0.991. The summed E-state index contributed by atoms with van der Waals surface area (Å²) in [5.74, 6) is -1.00. The van der Waals surface area contributed by atoms with Crippen molar-refractivity contribution < 1.29 is 43.2 Å². The number of nitrogens with zero attached hydrogens (tertiary/aromatic N) is 2. The molecule has 0 saturated carbocycles. The van der Waals surface area contributed by atoms with E-state index in [1.807, 2.05) is 13.8 Å². The molecule has 0 unspecified atom stereocenters. The lowest BCUT2D eigenvalue weighted by Gasteiger charge is -2.16. The largest absolute Gasteiger partial charge is 1.00 e. The summed E-state index contributed by atoms with van der Waals surface area (Å²) in [7, 11) is 0. The summed E-state index contributed by atoms with van der Waals surface area (Å²) in [4.78, 5) is 24.3. The Morgan fingerprint density at radius 1 is 1.33 bits per heavy atom. The van der Waals surface area contributed by atoms with Gasteiger partial charge in [-0.25, -0.2) is 4.79 Å². The third-order valence-electron chi connectivity index (χ3n) is 2.54. The summed E-state index contributed by atoms with van der Waals surface area (Å²) in [5.41, 5.74) is 0.180. The number of likely N-dealkylation sites (N-methyl/N-ethyl adjacent to an activating group) is 1. The summed E-state index contributed by atoms with van der Waals surface area (Å²) in [6, 6.07) is 3.12. The predicted octanol–water partition coefficient (Wildman–Crippen LogP) is -2.46. The van der Waals surface area contributed by atoms with Crippen LogP contribution in [0.25, 0.3) is 0 Å². The molecule has 5 nitrogen and oxygen atoms in total. The highest BCUT2D eigenvalue weighted by atomic mass is 127. The van der Waals surface area contributed by atoms with E-state index in [2.05, 4.69) is 0 Å². The Morgan fingerprint density at radius 2 is 1.94 bits per heavy atom. The quantitative estimate of drug-likeness (QED) is 0.466. The molecule has 1 amide bonds. The third-order valence-corrected chi connectivity index (χ3v) is 2.54. The van der Waals surface area contributed by atoms with Crippen molar-refractivity contribution in [3.05, 3.63) is 30.1 Å². The Kier molecular flexibility index (Phi) is 7.49. The van der Waals surface area contributed by atoms with Crippen molar-refractivity contribution in [3.8, 4) is 0 Å². The fourth-order valence-electron chi connectivity index (χ4n) is 1.58. The number of aromatic nitrogens is 1. The molecule has 100 valence electrons. The van der Waals surface area contributed by atoms with Crippen LogP contribution in [-0.2, 0) is 11.3 Å². The topological polar surface area (TPSA) is 61.5 Å². The zero-order valence-electron chi connectivity index (χ0n) is 10.5. The van der Waals surface area contributed by atoms with Crippen LogP contribution in [0.2, 0.25) is 0 Å². The van der Waals surface area contributed by atoms with Crippen LogP contribution in [0.5, 0.6) is 0 Å². The Balaban J connectivity index is 0.00000289. The lowest BCUT2D eigenvalue weighted by atomic mass is 10.3. The molecule has 0 fully saturated rings. The van der Waals surface area contributed by atoms with Crippen LogP contribution in [0, 0.1) is 0 Å². The number of carboxylic acid groups (broad SMARTS) is 1. The first kappa shape index (κ1) is 16.8. The number of carboxylic acids is 1. The number of pyridine rings is 1. The lowest BCUT2D eigenvalue weighted by Crippen LogP contribution is -3.00. The third kappa shape index (κ3) is 4.59. The van der Waals surface area contributed by atoms with E-state index < -0.39 is 5.97 Å². The van der Waals surface area contributed by atoms with Crippen LogP contribution in [0.1, 0.15) is 24.2 Å². The first-order valence-corrected chi connectivity index (χ1v) is 5.58. The van der Waals surface area contributed by atoms with Crippen molar-refractivity contribution in [2.45, 2.75) is 20.4 Å². The van der Waals surface area contributed by atoms with Crippen LogP contribution >= 0.6 is 0 Å². The first-order valence-electron chi connectivity index (χ1n) is 5.58. The summed E-state index contributed by atoms with van der Waals surface area (Å²) >= 11 is 0. The molecule has 0 aliphatic heterocycles. The summed E-state index contributed by atoms with van der Waals surface area (Å²) in [6.45, 7) is 5.32.